The van der Waals surface area contributed by atoms with Crippen LogP contribution in [0, 0.1) is 11.8 Å². The van der Waals surface area contributed by atoms with Gasteiger partial charge in [-0.05, 0) is 18.8 Å². The summed E-state index contributed by atoms with van der Waals surface area (Å²) in [4.78, 5) is 0. The summed E-state index contributed by atoms with van der Waals surface area (Å²) in [6, 6.07) is 0. The van der Waals surface area contributed by atoms with Gasteiger partial charge in [0, 0.05) is 5.54 Å². The van der Waals surface area contributed by atoms with Gasteiger partial charge in [-0.25, -0.2) is 0 Å². The van der Waals surface area contributed by atoms with E-state index >= 15 is 0 Å². The second-order valence-electron chi connectivity index (χ2n) is 3.68. The monoisotopic (exact) mass is 137 g/mol. The van der Waals surface area contributed by atoms with Gasteiger partial charge in [-0.15, -0.1) is 0 Å². The quantitative estimate of drug-likeness (QED) is 0.571. The minimum absolute atomic E-state index is 0. The molecular formula is C8H20LiN. The molecule has 0 fully saturated rings. The van der Waals surface area contributed by atoms with Gasteiger partial charge in [0.05, 0.1) is 0 Å². The van der Waals surface area contributed by atoms with Crippen LogP contribution in [0.25, 0.3) is 0 Å². The van der Waals surface area contributed by atoms with Crippen LogP contribution in [0.2, 0.25) is 0 Å². The Morgan fingerprint density at radius 1 is 1.00 bits per heavy atom. The van der Waals surface area contributed by atoms with Crippen molar-refractivity contribution in [2.75, 3.05) is 0 Å². The summed E-state index contributed by atoms with van der Waals surface area (Å²) in [5.41, 5.74) is 6.00. The maximum absolute atomic E-state index is 6.00. The zero-order chi connectivity index (χ0) is 7.65. The summed E-state index contributed by atoms with van der Waals surface area (Å²) in [7, 11) is 0. The van der Waals surface area contributed by atoms with Gasteiger partial charge in [-0.2, -0.15) is 0 Å². The Hall–Kier alpha value is 0.557. The average Bonchev–Trinajstić information content (AvgIpc) is 1.65. The molecule has 0 rings (SSSR count). The molecule has 0 atom stereocenters. The zero-order valence-electron chi connectivity index (χ0n) is 7.23. The van der Waals surface area contributed by atoms with Gasteiger partial charge >= 0.3 is 18.9 Å². The molecule has 10 heavy (non-hydrogen) atoms. The third kappa shape index (κ3) is 3.10. The van der Waals surface area contributed by atoms with Crippen LogP contribution >= 0.6 is 0 Å². The molecule has 0 spiro atoms. The van der Waals surface area contributed by atoms with Crippen LogP contribution in [-0.4, -0.2) is 24.4 Å². The molecule has 58 valence electrons. The predicted molar refractivity (Wildman–Crippen MR) is 49.4 cm³/mol. The topological polar surface area (TPSA) is 26.0 Å². The molecule has 0 bridgehead atoms. The van der Waals surface area contributed by atoms with Gasteiger partial charge in [0.25, 0.3) is 0 Å². The molecule has 0 heterocycles. The fraction of sp³-hybridized carbons (Fsp3) is 1.00. The van der Waals surface area contributed by atoms with Crippen LogP contribution < -0.4 is 5.73 Å². The van der Waals surface area contributed by atoms with E-state index in [9.17, 15) is 0 Å². The van der Waals surface area contributed by atoms with Crippen LogP contribution in [0.1, 0.15) is 34.6 Å². The molecule has 0 aliphatic carbocycles. The summed E-state index contributed by atoms with van der Waals surface area (Å²) in [6.07, 6.45) is 0. The molecule has 0 unspecified atom stereocenters. The van der Waals surface area contributed by atoms with Gasteiger partial charge < -0.3 is 5.73 Å². The van der Waals surface area contributed by atoms with Crippen molar-refractivity contribution in [1.29, 1.82) is 0 Å². The molecule has 0 aromatic rings. The van der Waals surface area contributed by atoms with Gasteiger partial charge in [0.1, 0.15) is 0 Å². The summed E-state index contributed by atoms with van der Waals surface area (Å²) >= 11 is 0. The van der Waals surface area contributed by atoms with Crippen LogP contribution in [0.15, 0.2) is 0 Å². The number of nitrogens with two attached hydrogens (primary N) is 1. The molecule has 0 radical (unpaired) electrons. The first-order valence-corrected chi connectivity index (χ1v) is 3.68. The van der Waals surface area contributed by atoms with E-state index in [0.717, 1.165) is 0 Å². The predicted octanol–water partition coefficient (Wildman–Crippen LogP) is 1.37. The Morgan fingerprint density at radius 2 is 1.20 bits per heavy atom. The van der Waals surface area contributed by atoms with Gasteiger partial charge in [-0.1, -0.05) is 27.7 Å². The van der Waals surface area contributed by atoms with Gasteiger partial charge in [-0.3, -0.25) is 0 Å². The van der Waals surface area contributed by atoms with Crippen molar-refractivity contribution in [1.82, 2.24) is 0 Å². The Kier molecular flexibility index (Phi) is 5.84. The third-order valence-corrected chi connectivity index (χ3v) is 2.49. The first kappa shape index (κ1) is 13.2. The van der Waals surface area contributed by atoms with Crippen LogP contribution in [-0.2, 0) is 0 Å². The number of rotatable bonds is 2. The Labute approximate surface area is 76.9 Å². The first-order valence-electron chi connectivity index (χ1n) is 3.68. The summed E-state index contributed by atoms with van der Waals surface area (Å²) in [5.74, 6) is 1.13. The Morgan fingerprint density at radius 3 is 1.20 bits per heavy atom. The Balaban J connectivity index is 0. The second kappa shape index (κ2) is 4.44. The fourth-order valence-electron chi connectivity index (χ4n) is 0.667. The molecule has 0 saturated heterocycles. The number of hydrogen-bond donors (Lipinski definition) is 1. The van der Waals surface area contributed by atoms with Crippen LogP contribution in [0.3, 0.4) is 0 Å². The average molecular weight is 137 g/mol. The van der Waals surface area contributed by atoms with Crippen molar-refractivity contribution in [3.05, 3.63) is 0 Å². The normalized spacial score (nSPS) is 12.0. The molecular weight excluding hydrogens is 117 g/mol. The third-order valence-electron chi connectivity index (χ3n) is 2.49. The molecule has 0 amide bonds. The van der Waals surface area contributed by atoms with Crippen molar-refractivity contribution in [2.45, 2.75) is 40.2 Å². The van der Waals surface area contributed by atoms with E-state index in [1.807, 2.05) is 0 Å². The summed E-state index contributed by atoms with van der Waals surface area (Å²) < 4.78 is 0. The van der Waals surface area contributed by atoms with Crippen molar-refractivity contribution < 1.29 is 0 Å². The molecule has 2 heteroatoms. The van der Waals surface area contributed by atoms with Crippen molar-refractivity contribution in [3.63, 3.8) is 0 Å². The fourth-order valence-corrected chi connectivity index (χ4v) is 0.667. The molecule has 0 aliphatic heterocycles. The molecule has 2 N–H and O–H groups in total. The van der Waals surface area contributed by atoms with E-state index in [-0.39, 0.29) is 24.4 Å². The second-order valence-corrected chi connectivity index (χ2v) is 3.68. The molecule has 0 saturated carbocycles. The van der Waals surface area contributed by atoms with Crippen molar-refractivity contribution in [3.8, 4) is 0 Å². The summed E-state index contributed by atoms with van der Waals surface area (Å²) in [5, 5.41) is 0. The van der Waals surface area contributed by atoms with Crippen LogP contribution in [0.4, 0.5) is 0 Å². The zero-order valence-corrected chi connectivity index (χ0v) is 7.23. The first-order chi connectivity index (χ1) is 3.89. The maximum atomic E-state index is 6.00. The SMILES string of the molecule is CC(C)C(C)(N)C(C)C.[LiH]. The molecule has 0 aliphatic rings. The van der Waals surface area contributed by atoms with E-state index in [4.69, 9.17) is 5.73 Å². The van der Waals surface area contributed by atoms with Crippen LogP contribution in [0.5, 0.6) is 0 Å². The molecule has 1 nitrogen and oxygen atoms in total. The molecule has 0 aromatic carbocycles. The number of hydrogen-bond acceptors (Lipinski definition) is 1. The Bertz CT molecular complexity index is 77.3. The molecule has 0 aromatic heterocycles. The van der Waals surface area contributed by atoms with E-state index in [0.29, 0.717) is 11.8 Å². The summed E-state index contributed by atoms with van der Waals surface area (Å²) in [6.45, 7) is 10.8. The van der Waals surface area contributed by atoms with Crippen molar-refractivity contribution in [2.24, 2.45) is 17.6 Å². The van der Waals surface area contributed by atoms with Crippen molar-refractivity contribution >= 4 is 18.9 Å². The van der Waals surface area contributed by atoms with E-state index in [2.05, 4.69) is 34.6 Å². The van der Waals surface area contributed by atoms with Gasteiger partial charge in [0.2, 0.25) is 0 Å². The minimum atomic E-state index is 0. The van der Waals surface area contributed by atoms with E-state index in [1.54, 1.807) is 0 Å². The standard InChI is InChI=1S/C8H19N.Li.H/c1-6(2)8(5,9)7(3)4;;/h6-7H,9H2,1-5H3;;. The van der Waals surface area contributed by atoms with E-state index < -0.39 is 0 Å². The van der Waals surface area contributed by atoms with Gasteiger partial charge in [0.15, 0.2) is 0 Å². The van der Waals surface area contributed by atoms with E-state index in [1.165, 1.54) is 0 Å².